The van der Waals surface area contributed by atoms with Crippen LogP contribution in [0.4, 0.5) is 9.18 Å². The molecule has 0 bridgehead atoms. The zero-order valence-corrected chi connectivity index (χ0v) is 14.3. The number of carbonyl (C=O) groups excluding carboxylic acids is 1. The van der Waals surface area contributed by atoms with Crippen LogP contribution in [0.25, 0.3) is 0 Å². The number of hydrogen-bond donors (Lipinski definition) is 2. The minimum Gasteiger partial charge on any atom is -0.480 e. The number of ether oxygens (including phenoxy) is 2. The molecule has 25 heavy (non-hydrogen) atoms. The molecule has 138 valence electrons. The van der Waals surface area contributed by atoms with Gasteiger partial charge in [-0.3, -0.25) is 4.90 Å². The lowest BCUT2D eigenvalue weighted by atomic mass is 9.96. The van der Waals surface area contributed by atoms with Crippen LogP contribution in [0.5, 0.6) is 0 Å². The highest BCUT2D eigenvalue weighted by Crippen LogP contribution is 2.28. The number of aliphatic carboxylic acids is 1. The summed E-state index contributed by atoms with van der Waals surface area (Å²) < 4.78 is 24.0. The van der Waals surface area contributed by atoms with Gasteiger partial charge in [-0.05, 0) is 38.5 Å². The molecular weight excluding hydrogens is 333 g/mol. The third-order valence-corrected chi connectivity index (χ3v) is 3.67. The van der Waals surface area contributed by atoms with Crippen molar-refractivity contribution >= 4 is 12.1 Å². The fourth-order valence-electron chi connectivity index (χ4n) is 2.64. The number of hydrogen-bond acceptors (Lipinski definition) is 5. The fraction of sp³-hybridized carbons (Fsp3) is 0.529. The van der Waals surface area contributed by atoms with Gasteiger partial charge in [-0.15, -0.1) is 0 Å². The molecule has 1 fully saturated rings. The van der Waals surface area contributed by atoms with Crippen LogP contribution in [0.2, 0.25) is 0 Å². The lowest BCUT2D eigenvalue weighted by Gasteiger charge is -2.40. The first-order valence-corrected chi connectivity index (χ1v) is 7.88. The van der Waals surface area contributed by atoms with Crippen molar-refractivity contribution in [1.29, 1.82) is 0 Å². The van der Waals surface area contributed by atoms with E-state index in [9.17, 15) is 24.2 Å². The van der Waals surface area contributed by atoms with Crippen LogP contribution in [0.1, 0.15) is 32.4 Å². The maximum absolute atomic E-state index is 13.4. The number of aliphatic hydroxyl groups excluding tert-OH is 1. The molecule has 2 rings (SSSR count). The van der Waals surface area contributed by atoms with Crippen molar-refractivity contribution < 1.29 is 33.7 Å². The van der Waals surface area contributed by atoms with Crippen molar-refractivity contribution in [3.63, 3.8) is 0 Å². The van der Waals surface area contributed by atoms with Gasteiger partial charge in [0.2, 0.25) is 0 Å². The number of carboxylic acid groups (broad SMARTS) is 1. The summed E-state index contributed by atoms with van der Waals surface area (Å²) in [6.45, 7) is 5.04. The summed E-state index contributed by atoms with van der Waals surface area (Å²) >= 11 is 0. The van der Waals surface area contributed by atoms with E-state index in [1.165, 1.54) is 18.2 Å². The van der Waals surface area contributed by atoms with E-state index in [0.29, 0.717) is 0 Å². The van der Waals surface area contributed by atoms with Crippen LogP contribution in [-0.4, -0.2) is 58.1 Å². The van der Waals surface area contributed by atoms with Gasteiger partial charge in [-0.25, -0.2) is 14.0 Å². The van der Waals surface area contributed by atoms with E-state index >= 15 is 0 Å². The van der Waals surface area contributed by atoms with E-state index in [0.717, 1.165) is 11.0 Å². The highest BCUT2D eigenvalue weighted by Gasteiger charge is 2.45. The van der Waals surface area contributed by atoms with Crippen molar-refractivity contribution in [2.24, 2.45) is 0 Å². The summed E-state index contributed by atoms with van der Waals surface area (Å²) in [5.41, 5.74) is -0.628. The third kappa shape index (κ3) is 4.67. The van der Waals surface area contributed by atoms with E-state index in [4.69, 9.17) is 9.47 Å². The minimum absolute atomic E-state index is 0.0122. The predicted molar refractivity (Wildman–Crippen MR) is 85.5 cm³/mol. The van der Waals surface area contributed by atoms with Crippen LogP contribution in [0.15, 0.2) is 24.3 Å². The maximum atomic E-state index is 13.4. The first-order valence-electron chi connectivity index (χ1n) is 7.88. The lowest BCUT2D eigenvalue weighted by molar-refractivity contribution is -0.166. The molecule has 1 aromatic carbocycles. The molecule has 1 aliphatic heterocycles. The fourth-order valence-corrected chi connectivity index (χ4v) is 2.64. The average Bonchev–Trinajstić information content (AvgIpc) is 2.51. The van der Waals surface area contributed by atoms with Crippen molar-refractivity contribution in [2.75, 3.05) is 13.2 Å². The average molecular weight is 355 g/mol. The highest BCUT2D eigenvalue weighted by molar-refractivity contribution is 5.81. The molecule has 0 radical (unpaired) electrons. The lowest BCUT2D eigenvalue weighted by Crippen LogP contribution is -2.59. The van der Waals surface area contributed by atoms with Gasteiger partial charge in [0.05, 0.1) is 6.61 Å². The molecule has 0 saturated carbocycles. The minimum atomic E-state index is -1.46. The Bertz CT molecular complexity index is 644. The molecule has 0 aromatic heterocycles. The van der Waals surface area contributed by atoms with E-state index in [2.05, 4.69) is 0 Å². The van der Waals surface area contributed by atoms with Crippen LogP contribution in [-0.2, 0) is 14.3 Å². The SMILES string of the molecule is CC(C)(C)OC(=O)N1CCO[C@H]([C@H](O)c2cccc(F)c2)C1C(=O)O. The molecule has 0 aliphatic carbocycles. The monoisotopic (exact) mass is 355 g/mol. The zero-order chi connectivity index (χ0) is 18.8. The van der Waals surface area contributed by atoms with Crippen LogP contribution < -0.4 is 0 Å². The second kappa shape index (κ2) is 7.37. The molecule has 8 heteroatoms. The van der Waals surface area contributed by atoms with E-state index in [-0.39, 0.29) is 18.7 Å². The second-order valence-electron chi connectivity index (χ2n) is 6.79. The van der Waals surface area contributed by atoms with Crippen molar-refractivity contribution in [1.82, 2.24) is 4.90 Å². The molecule has 0 spiro atoms. The molecule has 1 saturated heterocycles. The number of amides is 1. The Morgan fingerprint density at radius 2 is 2.08 bits per heavy atom. The van der Waals surface area contributed by atoms with Crippen molar-refractivity contribution in [2.45, 2.75) is 44.6 Å². The Labute approximate surface area is 145 Å². The first-order chi connectivity index (χ1) is 11.6. The molecule has 3 atom stereocenters. The van der Waals surface area contributed by atoms with Gasteiger partial charge in [0.15, 0.2) is 6.04 Å². The van der Waals surface area contributed by atoms with Gasteiger partial charge in [-0.1, -0.05) is 12.1 Å². The Balaban J connectivity index is 2.28. The van der Waals surface area contributed by atoms with Gasteiger partial charge < -0.3 is 19.7 Å². The van der Waals surface area contributed by atoms with Crippen LogP contribution in [0.3, 0.4) is 0 Å². The number of morpholine rings is 1. The number of carboxylic acids is 1. The number of rotatable bonds is 3. The third-order valence-electron chi connectivity index (χ3n) is 3.67. The Hall–Kier alpha value is -2.19. The van der Waals surface area contributed by atoms with E-state index in [1.54, 1.807) is 20.8 Å². The number of nitrogens with zero attached hydrogens (tertiary/aromatic N) is 1. The number of benzene rings is 1. The molecule has 1 unspecified atom stereocenters. The number of aliphatic hydroxyl groups is 1. The molecule has 1 aliphatic rings. The molecule has 1 heterocycles. The Morgan fingerprint density at radius 1 is 1.40 bits per heavy atom. The van der Waals surface area contributed by atoms with Crippen molar-refractivity contribution in [3.8, 4) is 0 Å². The smallest absolute Gasteiger partial charge is 0.411 e. The quantitative estimate of drug-likeness (QED) is 0.860. The van der Waals surface area contributed by atoms with Crippen molar-refractivity contribution in [3.05, 3.63) is 35.6 Å². The maximum Gasteiger partial charge on any atom is 0.411 e. The van der Waals surface area contributed by atoms with Gasteiger partial charge in [0, 0.05) is 6.54 Å². The van der Waals surface area contributed by atoms with Gasteiger partial charge in [0.25, 0.3) is 0 Å². The van der Waals surface area contributed by atoms with E-state index in [1.807, 2.05) is 0 Å². The Kier molecular flexibility index (Phi) is 5.64. The summed E-state index contributed by atoms with van der Waals surface area (Å²) in [5, 5.41) is 20.0. The Morgan fingerprint density at radius 3 is 2.64 bits per heavy atom. The zero-order valence-electron chi connectivity index (χ0n) is 14.3. The molecule has 2 N–H and O–H groups in total. The summed E-state index contributed by atoms with van der Waals surface area (Å²) in [4.78, 5) is 25.1. The largest absolute Gasteiger partial charge is 0.480 e. The molecular formula is C17H22FNO6. The highest BCUT2D eigenvalue weighted by atomic mass is 19.1. The van der Waals surface area contributed by atoms with Gasteiger partial charge >= 0.3 is 12.1 Å². The van der Waals surface area contributed by atoms with Crippen LogP contribution in [0, 0.1) is 5.82 Å². The standard InChI is InChI=1S/C17H22FNO6/c1-17(2,3)25-16(23)19-7-8-24-14(12(19)15(21)22)13(20)10-5-4-6-11(18)9-10/h4-6,9,12-14,20H,7-8H2,1-3H3,(H,21,22)/t12?,13-,14+/m1/s1. The predicted octanol–water partition coefficient (Wildman–Crippen LogP) is 1.95. The first kappa shape index (κ1) is 19.1. The molecule has 1 aromatic rings. The molecule has 7 nitrogen and oxygen atoms in total. The summed E-state index contributed by atoms with van der Waals surface area (Å²) in [7, 11) is 0. The van der Waals surface area contributed by atoms with Crippen LogP contribution >= 0.6 is 0 Å². The normalized spacial score (nSPS) is 22.4. The summed E-state index contributed by atoms with van der Waals surface area (Å²) in [6.07, 6.45) is -3.47. The second-order valence-corrected chi connectivity index (χ2v) is 6.79. The summed E-state index contributed by atoms with van der Waals surface area (Å²) in [5.74, 6) is -1.91. The van der Waals surface area contributed by atoms with E-state index < -0.39 is 41.7 Å². The topological polar surface area (TPSA) is 96.3 Å². The molecule has 1 amide bonds. The number of carbonyl (C=O) groups is 2. The summed E-state index contributed by atoms with van der Waals surface area (Å²) in [6, 6.07) is 3.71. The number of halogens is 1. The van der Waals surface area contributed by atoms with Gasteiger partial charge in [0.1, 0.15) is 23.6 Å². The van der Waals surface area contributed by atoms with Gasteiger partial charge in [-0.2, -0.15) is 0 Å².